The first-order valence-corrected chi connectivity index (χ1v) is 6.82. The molecule has 0 aliphatic carbocycles. The molecule has 106 valence electrons. The summed E-state index contributed by atoms with van der Waals surface area (Å²) in [4.78, 5) is 2.33. The second-order valence-electron chi connectivity index (χ2n) is 5.93. The third-order valence-corrected chi connectivity index (χ3v) is 4.09. The molecular formula is C15H22F2N2. The molecule has 0 radical (unpaired) electrons. The van der Waals surface area contributed by atoms with Crippen LogP contribution in [-0.2, 0) is 6.54 Å². The number of nitrogens with zero attached hydrogens (tertiary/aromatic N) is 1. The number of benzene rings is 1. The summed E-state index contributed by atoms with van der Waals surface area (Å²) in [7, 11) is 2.13. The van der Waals surface area contributed by atoms with Crippen LogP contribution in [0.15, 0.2) is 18.2 Å². The molecule has 19 heavy (non-hydrogen) atoms. The minimum Gasteiger partial charge on any atom is -0.312 e. The zero-order valence-electron chi connectivity index (χ0n) is 11.7. The zero-order valence-corrected chi connectivity index (χ0v) is 11.7. The van der Waals surface area contributed by atoms with E-state index in [1.807, 2.05) is 0 Å². The van der Waals surface area contributed by atoms with E-state index < -0.39 is 11.6 Å². The molecular weight excluding hydrogens is 246 g/mol. The van der Waals surface area contributed by atoms with E-state index in [4.69, 9.17) is 0 Å². The highest BCUT2D eigenvalue weighted by Gasteiger charge is 2.28. The first-order valence-electron chi connectivity index (χ1n) is 6.82. The van der Waals surface area contributed by atoms with E-state index in [1.54, 1.807) is 12.1 Å². The molecule has 2 rings (SSSR count). The number of piperidine rings is 1. The van der Waals surface area contributed by atoms with Gasteiger partial charge in [-0.2, -0.15) is 0 Å². The van der Waals surface area contributed by atoms with Crippen molar-refractivity contribution in [3.05, 3.63) is 35.4 Å². The lowest BCUT2D eigenvalue weighted by Gasteiger charge is -2.38. The molecule has 1 saturated heterocycles. The Balaban J connectivity index is 1.85. The Bertz CT molecular complexity index is 426. The number of halogens is 2. The number of hydrogen-bond donors (Lipinski definition) is 1. The molecule has 1 aliphatic heterocycles. The van der Waals surface area contributed by atoms with Crippen LogP contribution in [0, 0.1) is 17.0 Å². The molecule has 4 heteroatoms. The fourth-order valence-electron chi connectivity index (χ4n) is 2.52. The van der Waals surface area contributed by atoms with Crippen molar-refractivity contribution in [3.63, 3.8) is 0 Å². The van der Waals surface area contributed by atoms with Gasteiger partial charge in [-0.15, -0.1) is 0 Å². The van der Waals surface area contributed by atoms with Crippen molar-refractivity contribution in [2.45, 2.75) is 26.3 Å². The van der Waals surface area contributed by atoms with Crippen molar-refractivity contribution in [2.75, 3.05) is 26.7 Å². The fourth-order valence-corrected chi connectivity index (χ4v) is 2.52. The molecule has 1 heterocycles. The summed E-state index contributed by atoms with van der Waals surface area (Å²) >= 11 is 0. The van der Waals surface area contributed by atoms with Crippen molar-refractivity contribution in [1.82, 2.24) is 10.2 Å². The standard InChI is InChI=1S/C15H22F2N2/c1-15(6-8-19(2)9-7-15)11-18-10-12-4-3-5-13(16)14(12)17/h3-5,18H,6-11H2,1-2H3. The van der Waals surface area contributed by atoms with Gasteiger partial charge in [0.15, 0.2) is 11.6 Å². The van der Waals surface area contributed by atoms with E-state index in [1.165, 1.54) is 0 Å². The number of rotatable bonds is 4. The van der Waals surface area contributed by atoms with Gasteiger partial charge < -0.3 is 10.2 Å². The number of hydrogen-bond acceptors (Lipinski definition) is 2. The summed E-state index contributed by atoms with van der Waals surface area (Å²) in [6.07, 6.45) is 2.28. The third kappa shape index (κ3) is 3.74. The van der Waals surface area contributed by atoms with E-state index in [2.05, 4.69) is 24.2 Å². The normalized spacial score (nSPS) is 19.6. The van der Waals surface area contributed by atoms with Crippen LogP contribution in [0.1, 0.15) is 25.3 Å². The second kappa shape index (κ2) is 5.97. The highest BCUT2D eigenvalue weighted by Crippen LogP contribution is 2.29. The van der Waals surface area contributed by atoms with Gasteiger partial charge in [0.2, 0.25) is 0 Å². The molecule has 1 aromatic carbocycles. The van der Waals surface area contributed by atoms with Gasteiger partial charge in [0.25, 0.3) is 0 Å². The highest BCUT2D eigenvalue weighted by atomic mass is 19.2. The SMILES string of the molecule is CN1CCC(C)(CNCc2cccc(F)c2F)CC1. The Morgan fingerprint density at radius 3 is 2.63 bits per heavy atom. The van der Waals surface area contributed by atoms with Crippen molar-refractivity contribution in [3.8, 4) is 0 Å². The Kier molecular flexibility index (Phi) is 4.53. The first kappa shape index (κ1) is 14.4. The quantitative estimate of drug-likeness (QED) is 0.903. The minimum absolute atomic E-state index is 0.260. The minimum atomic E-state index is -0.773. The summed E-state index contributed by atoms with van der Waals surface area (Å²) < 4.78 is 26.6. The van der Waals surface area contributed by atoms with Gasteiger partial charge in [0, 0.05) is 18.7 Å². The molecule has 0 aromatic heterocycles. The van der Waals surface area contributed by atoms with E-state index in [0.717, 1.165) is 38.5 Å². The van der Waals surface area contributed by atoms with Crippen LogP contribution in [0.3, 0.4) is 0 Å². The monoisotopic (exact) mass is 268 g/mol. The summed E-state index contributed by atoms with van der Waals surface area (Å²) in [6, 6.07) is 4.33. The Hall–Kier alpha value is -1.00. The van der Waals surface area contributed by atoms with Crippen LogP contribution in [0.4, 0.5) is 8.78 Å². The lowest BCUT2D eigenvalue weighted by molar-refractivity contribution is 0.136. The molecule has 0 saturated carbocycles. The van der Waals surface area contributed by atoms with Crippen LogP contribution in [-0.4, -0.2) is 31.6 Å². The summed E-state index contributed by atoms with van der Waals surface area (Å²) in [5, 5.41) is 3.27. The molecule has 1 fully saturated rings. The summed E-state index contributed by atoms with van der Waals surface area (Å²) in [6.45, 7) is 5.69. The maximum atomic E-state index is 13.5. The van der Waals surface area contributed by atoms with Crippen molar-refractivity contribution >= 4 is 0 Å². The predicted octanol–water partition coefficient (Wildman–Crippen LogP) is 2.79. The maximum absolute atomic E-state index is 13.5. The molecule has 0 atom stereocenters. The topological polar surface area (TPSA) is 15.3 Å². The fraction of sp³-hybridized carbons (Fsp3) is 0.600. The summed E-state index contributed by atoms with van der Waals surface area (Å²) in [5.41, 5.74) is 0.660. The molecule has 0 spiro atoms. The van der Waals surface area contributed by atoms with Gasteiger partial charge in [0.05, 0.1) is 0 Å². The van der Waals surface area contributed by atoms with Crippen molar-refractivity contribution < 1.29 is 8.78 Å². The smallest absolute Gasteiger partial charge is 0.163 e. The second-order valence-corrected chi connectivity index (χ2v) is 5.93. The van der Waals surface area contributed by atoms with Crippen LogP contribution in [0.5, 0.6) is 0 Å². The highest BCUT2D eigenvalue weighted by molar-refractivity contribution is 5.18. The Labute approximate surface area is 113 Å². The maximum Gasteiger partial charge on any atom is 0.163 e. The summed E-state index contributed by atoms with van der Waals surface area (Å²) in [5.74, 6) is -1.51. The van der Waals surface area contributed by atoms with Gasteiger partial charge in [-0.1, -0.05) is 19.1 Å². The van der Waals surface area contributed by atoms with Crippen LogP contribution < -0.4 is 5.32 Å². The van der Waals surface area contributed by atoms with Gasteiger partial charge in [-0.3, -0.25) is 0 Å². The Morgan fingerprint density at radius 2 is 1.95 bits per heavy atom. The predicted molar refractivity (Wildman–Crippen MR) is 72.9 cm³/mol. The van der Waals surface area contributed by atoms with E-state index in [9.17, 15) is 8.78 Å². The van der Waals surface area contributed by atoms with E-state index >= 15 is 0 Å². The molecule has 0 bridgehead atoms. The number of likely N-dealkylation sites (tertiary alicyclic amines) is 1. The lowest BCUT2D eigenvalue weighted by atomic mass is 9.80. The molecule has 2 nitrogen and oxygen atoms in total. The van der Waals surface area contributed by atoms with Crippen LogP contribution in [0.25, 0.3) is 0 Å². The van der Waals surface area contributed by atoms with Gasteiger partial charge >= 0.3 is 0 Å². The molecule has 1 aliphatic rings. The van der Waals surface area contributed by atoms with E-state index in [-0.39, 0.29) is 5.41 Å². The molecule has 0 unspecified atom stereocenters. The lowest BCUT2D eigenvalue weighted by Crippen LogP contribution is -2.41. The Morgan fingerprint density at radius 1 is 1.26 bits per heavy atom. The van der Waals surface area contributed by atoms with Crippen LogP contribution in [0.2, 0.25) is 0 Å². The largest absolute Gasteiger partial charge is 0.312 e. The van der Waals surface area contributed by atoms with Gasteiger partial charge in [-0.25, -0.2) is 8.78 Å². The first-order chi connectivity index (χ1) is 9.00. The van der Waals surface area contributed by atoms with Gasteiger partial charge in [-0.05, 0) is 44.5 Å². The van der Waals surface area contributed by atoms with Crippen LogP contribution >= 0.6 is 0 Å². The average molecular weight is 268 g/mol. The van der Waals surface area contributed by atoms with Crippen molar-refractivity contribution in [2.24, 2.45) is 5.41 Å². The van der Waals surface area contributed by atoms with E-state index in [0.29, 0.717) is 12.1 Å². The third-order valence-electron chi connectivity index (χ3n) is 4.09. The molecule has 0 amide bonds. The number of nitrogens with one attached hydrogen (secondary N) is 1. The van der Waals surface area contributed by atoms with Gasteiger partial charge in [0.1, 0.15) is 0 Å². The zero-order chi connectivity index (χ0) is 13.9. The average Bonchev–Trinajstić information content (AvgIpc) is 2.39. The van der Waals surface area contributed by atoms with Crippen molar-refractivity contribution in [1.29, 1.82) is 0 Å². The molecule has 1 aromatic rings. The molecule has 1 N–H and O–H groups in total.